The van der Waals surface area contributed by atoms with Crippen LogP contribution in [-0.4, -0.2) is 54.1 Å². The largest absolute Gasteiger partial charge is 0.462 e. The van der Waals surface area contributed by atoms with Crippen LogP contribution in [0.4, 0.5) is 14.5 Å². The number of carbonyl (C=O) groups is 2. The first-order chi connectivity index (χ1) is 17.9. The molecule has 0 bridgehead atoms. The molecule has 3 aromatic heterocycles. The quantitative estimate of drug-likeness (QED) is 0.333. The molecule has 11 heteroatoms. The van der Waals surface area contributed by atoms with Crippen molar-refractivity contribution in [3.05, 3.63) is 85.2 Å². The van der Waals surface area contributed by atoms with Crippen LogP contribution in [0.15, 0.2) is 52.6 Å². The summed E-state index contributed by atoms with van der Waals surface area (Å²) in [6, 6.07) is 10.5. The molecule has 0 atom stereocenters. The molecule has 0 aliphatic carbocycles. The van der Waals surface area contributed by atoms with Gasteiger partial charge in [0.15, 0.2) is 5.13 Å². The summed E-state index contributed by atoms with van der Waals surface area (Å²) in [6.07, 6.45) is 0. The molecule has 192 valence electrons. The van der Waals surface area contributed by atoms with Crippen LogP contribution >= 0.6 is 22.7 Å². The summed E-state index contributed by atoms with van der Waals surface area (Å²) >= 11 is 2.20. The maximum absolute atomic E-state index is 13.8. The van der Waals surface area contributed by atoms with Crippen molar-refractivity contribution in [3.63, 3.8) is 0 Å². The fourth-order valence-corrected chi connectivity index (χ4v) is 6.21. The van der Waals surface area contributed by atoms with Gasteiger partial charge in [-0.05, 0) is 48.2 Å². The smallest absolute Gasteiger partial charge is 0.345 e. The Hall–Kier alpha value is -3.57. The van der Waals surface area contributed by atoms with Gasteiger partial charge in [-0.2, -0.15) is 4.39 Å². The molecule has 5 rings (SSSR count). The Labute approximate surface area is 219 Å². The molecule has 7 nitrogen and oxygen atoms in total. The highest BCUT2D eigenvalue weighted by molar-refractivity contribution is 7.17. The second-order valence-corrected chi connectivity index (χ2v) is 10.4. The fraction of sp³-hybridized carbons (Fsp3) is 0.269. The summed E-state index contributed by atoms with van der Waals surface area (Å²) in [5.41, 5.74) is 1.12. The molecule has 1 amide bonds. The van der Waals surface area contributed by atoms with Crippen molar-refractivity contribution in [1.82, 2.24) is 9.47 Å². The van der Waals surface area contributed by atoms with Crippen molar-refractivity contribution in [2.75, 3.05) is 37.7 Å². The highest BCUT2D eigenvalue weighted by Crippen LogP contribution is 2.35. The van der Waals surface area contributed by atoms with E-state index in [9.17, 15) is 23.2 Å². The molecule has 1 aromatic carbocycles. The summed E-state index contributed by atoms with van der Waals surface area (Å²) in [5.74, 6) is -1.38. The number of rotatable bonds is 6. The van der Waals surface area contributed by atoms with Crippen LogP contribution in [0.5, 0.6) is 0 Å². The van der Waals surface area contributed by atoms with Gasteiger partial charge >= 0.3 is 5.97 Å². The van der Waals surface area contributed by atoms with Gasteiger partial charge in [0.2, 0.25) is 0 Å². The number of thiophene rings is 2. The predicted octanol–water partition coefficient (Wildman–Crippen LogP) is 4.59. The summed E-state index contributed by atoms with van der Waals surface area (Å²) < 4.78 is 34.7. The van der Waals surface area contributed by atoms with Crippen molar-refractivity contribution < 1.29 is 23.1 Å². The Balaban J connectivity index is 1.53. The number of halogens is 2. The number of hydrogen-bond acceptors (Lipinski definition) is 7. The Morgan fingerprint density at radius 3 is 2.51 bits per heavy atom. The van der Waals surface area contributed by atoms with E-state index in [0.717, 1.165) is 16.0 Å². The van der Waals surface area contributed by atoms with Gasteiger partial charge in [-0.15, -0.1) is 22.7 Å². The number of esters is 1. The minimum absolute atomic E-state index is 0.0756. The van der Waals surface area contributed by atoms with E-state index < -0.39 is 22.5 Å². The second-order valence-electron chi connectivity index (χ2n) is 8.48. The normalized spacial score (nSPS) is 13.8. The number of anilines is 1. The molecule has 0 unspecified atom stereocenters. The predicted molar refractivity (Wildman–Crippen MR) is 140 cm³/mol. The lowest BCUT2D eigenvalue weighted by Gasteiger charge is -2.36. The van der Waals surface area contributed by atoms with E-state index >= 15 is 0 Å². The molecule has 0 saturated carbocycles. The number of benzene rings is 1. The van der Waals surface area contributed by atoms with Crippen LogP contribution in [0.2, 0.25) is 0 Å². The molecular weight excluding hydrogens is 520 g/mol. The Morgan fingerprint density at radius 2 is 1.84 bits per heavy atom. The molecule has 1 aliphatic heterocycles. The van der Waals surface area contributed by atoms with Crippen molar-refractivity contribution >= 4 is 50.5 Å². The number of piperazine rings is 1. The minimum Gasteiger partial charge on any atom is -0.462 e. The van der Waals surface area contributed by atoms with Gasteiger partial charge in [-0.1, -0.05) is 12.1 Å². The first-order valence-corrected chi connectivity index (χ1v) is 13.4. The number of ether oxygens (including phenoxy) is 1. The van der Waals surface area contributed by atoms with Crippen LogP contribution in [0.25, 0.3) is 10.2 Å². The van der Waals surface area contributed by atoms with Crippen molar-refractivity contribution in [2.45, 2.75) is 13.5 Å². The van der Waals surface area contributed by atoms with Crippen molar-refractivity contribution in [1.29, 1.82) is 0 Å². The fourth-order valence-electron chi connectivity index (χ4n) is 4.53. The minimum atomic E-state index is -0.724. The Morgan fingerprint density at radius 1 is 1.05 bits per heavy atom. The van der Waals surface area contributed by atoms with Crippen LogP contribution in [0.1, 0.15) is 32.5 Å². The van der Waals surface area contributed by atoms with Gasteiger partial charge in [0.25, 0.3) is 11.5 Å². The molecule has 1 aliphatic rings. The Bertz CT molecular complexity index is 1540. The topological polar surface area (TPSA) is 71.8 Å². The summed E-state index contributed by atoms with van der Waals surface area (Å²) in [6.45, 7) is 3.32. The first kappa shape index (κ1) is 25.1. The number of fused-ring (bicyclic) bond motifs is 1. The van der Waals surface area contributed by atoms with Crippen LogP contribution in [-0.2, 0) is 11.3 Å². The SMILES string of the molecule is CCOC(=O)c1c(N2CCN(C(=O)c3ccc(F)s3)CC2)c2sccc2n(Cc2cccc(F)c2)c1=O. The molecule has 4 aromatic rings. The molecule has 37 heavy (non-hydrogen) atoms. The average Bonchev–Trinajstić information content (AvgIpc) is 3.54. The van der Waals surface area contributed by atoms with E-state index in [4.69, 9.17) is 4.74 Å². The van der Waals surface area contributed by atoms with E-state index in [1.165, 1.54) is 40.2 Å². The monoisotopic (exact) mass is 543 g/mol. The molecule has 4 heterocycles. The average molecular weight is 544 g/mol. The standard InChI is InChI=1S/C26H23F2N3O4S2/c1-2-35-26(34)21-22(29-9-11-30(12-10-29)24(32)19-6-7-20(28)37-19)23-18(8-13-36-23)31(25(21)33)15-16-4-3-5-17(27)14-16/h3-8,13-14H,2,9-12,15H2,1H3. The van der Waals surface area contributed by atoms with E-state index in [1.807, 2.05) is 16.3 Å². The number of pyridine rings is 1. The third kappa shape index (κ3) is 4.88. The van der Waals surface area contributed by atoms with Gasteiger partial charge in [-0.3, -0.25) is 9.59 Å². The van der Waals surface area contributed by atoms with E-state index in [1.54, 1.807) is 24.0 Å². The molecular formula is C26H23F2N3O4S2. The number of amides is 1. The molecule has 0 N–H and O–H groups in total. The van der Waals surface area contributed by atoms with Gasteiger partial charge in [0.05, 0.1) is 33.9 Å². The number of hydrogen-bond donors (Lipinski definition) is 0. The summed E-state index contributed by atoms with van der Waals surface area (Å²) in [7, 11) is 0. The van der Waals surface area contributed by atoms with Crippen molar-refractivity contribution in [3.8, 4) is 0 Å². The molecule has 1 fully saturated rings. The maximum atomic E-state index is 13.8. The van der Waals surface area contributed by atoms with E-state index in [-0.39, 0.29) is 24.6 Å². The summed E-state index contributed by atoms with van der Waals surface area (Å²) in [4.78, 5) is 43.5. The van der Waals surface area contributed by atoms with Gasteiger partial charge < -0.3 is 19.1 Å². The highest BCUT2D eigenvalue weighted by atomic mass is 32.1. The number of aromatic nitrogens is 1. The lowest BCUT2D eigenvalue weighted by Crippen LogP contribution is -2.49. The zero-order chi connectivity index (χ0) is 26.1. The first-order valence-electron chi connectivity index (χ1n) is 11.7. The molecule has 0 spiro atoms. The lowest BCUT2D eigenvalue weighted by molar-refractivity contribution is 0.0523. The van der Waals surface area contributed by atoms with Gasteiger partial charge in [-0.25, -0.2) is 9.18 Å². The van der Waals surface area contributed by atoms with Crippen LogP contribution in [0, 0.1) is 10.9 Å². The number of carbonyl (C=O) groups excluding carboxylic acids is 2. The maximum Gasteiger partial charge on any atom is 0.345 e. The zero-order valence-electron chi connectivity index (χ0n) is 19.9. The van der Waals surface area contributed by atoms with E-state index in [0.29, 0.717) is 47.8 Å². The molecule has 0 radical (unpaired) electrons. The lowest BCUT2D eigenvalue weighted by atomic mass is 10.1. The van der Waals surface area contributed by atoms with Crippen LogP contribution in [0.3, 0.4) is 0 Å². The third-order valence-electron chi connectivity index (χ3n) is 6.22. The number of nitrogens with zero attached hydrogens (tertiary/aromatic N) is 3. The van der Waals surface area contributed by atoms with Gasteiger partial charge in [0.1, 0.15) is 11.4 Å². The Kier molecular flexibility index (Phi) is 7.07. The second kappa shape index (κ2) is 10.4. The molecule has 1 saturated heterocycles. The summed E-state index contributed by atoms with van der Waals surface area (Å²) in [5, 5.41) is 1.43. The van der Waals surface area contributed by atoms with Gasteiger partial charge in [0, 0.05) is 26.2 Å². The third-order valence-corrected chi connectivity index (χ3v) is 7.99. The zero-order valence-corrected chi connectivity index (χ0v) is 21.5. The van der Waals surface area contributed by atoms with E-state index in [2.05, 4.69) is 0 Å². The van der Waals surface area contributed by atoms with Crippen molar-refractivity contribution in [2.24, 2.45) is 0 Å². The van der Waals surface area contributed by atoms with Crippen LogP contribution < -0.4 is 10.5 Å². The highest BCUT2D eigenvalue weighted by Gasteiger charge is 2.31.